The van der Waals surface area contributed by atoms with Gasteiger partial charge in [-0.2, -0.15) is 10.3 Å². The van der Waals surface area contributed by atoms with Crippen molar-refractivity contribution >= 4 is 22.8 Å². The van der Waals surface area contributed by atoms with Crippen LogP contribution >= 0.6 is 11.8 Å². The lowest BCUT2D eigenvalue weighted by atomic mass is 10.3. The number of thioether (sulfide) groups is 1. The lowest BCUT2D eigenvalue weighted by molar-refractivity contribution is 0.0687. The molecule has 0 unspecified atom stereocenters. The van der Waals surface area contributed by atoms with Crippen LogP contribution in [0.1, 0.15) is 21.0 Å². The Balaban J connectivity index is 3.07. The maximum Gasteiger partial charge on any atom is 0.358 e. The third-order valence-electron chi connectivity index (χ3n) is 1.13. The molecule has 1 aromatic rings. The highest BCUT2D eigenvalue weighted by atomic mass is 32.2. The number of nitrogens with one attached hydrogen (secondary N) is 1. The molecule has 0 atom stereocenters. The number of hydrogen-bond donors (Lipinski definition) is 2. The molecule has 0 radical (unpaired) electrons. The number of H-pyrrole nitrogens is 1. The lowest BCUT2D eigenvalue weighted by Crippen LogP contribution is -2.05. The zero-order valence-electron chi connectivity index (χ0n) is 6.07. The Labute approximate surface area is 71.4 Å². The molecule has 1 aromatic heterocycles. The van der Waals surface area contributed by atoms with Gasteiger partial charge in [0, 0.05) is 0 Å². The first kappa shape index (κ1) is 8.72. The van der Waals surface area contributed by atoms with E-state index in [1.807, 2.05) is 0 Å². The number of carboxylic acid groups (broad SMARTS) is 1. The van der Waals surface area contributed by atoms with Gasteiger partial charge in [0.1, 0.15) is 0 Å². The number of aromatic amines is 1. The second-order valence-corrected chi connectivity index (χ2v) is 2.60. The summed E-state index contributed by atoms with van der Waals surface area (Å²) in [6.45, 7) is 0. The van der Waals surface area contributed by atoms with Gasteiger partial charge in [-0.3, -0.25) is 4.79 Å². The predicted molar refractivity (Wildman–Crippen MR) is 41.2 cm³/mol. The molecule has 2 N–H and O–H groups in total. The van der Waals surface area contributed by atoms with E-state index in [9.17, 15) is 9.59 Å². The maximum absolute atomic E-state index is 11.0. The summed E-state index contributed by atoms with van der Waals surface area (Å²) in [6.07, 6.45) is 1.54. The topological polar surface area (TPSA) is 95.9 Å². The van der Waals surface area contributed by atoms with Crippen molar-refractivity contribution in [3.63, 3.8) is 0 Å². The van der Waals surface area contributed by atoms with Gasteiger partial charge in [0.15, 0.2) is 5.69 Å². The summed E-state index contributed by atoms with van der Waals surface area (Å²) < 4.78 is 0. The van der Waals surface area contributed by atoms with Crippen molar-refractivity contribution in [1.82, 2.24) is 15.4 Å². The van der Waals surface area contributed by atoms with E-state index >= 15 is 0 Å². The second-order valence-electron chi connectivity index (χ2n) is 1.82. The first-order valence-electron chi connectivity index (χ1n) is 2.89. The standard InChI is InChI=1S/C5H5N3O3S/c1-12-5(11)3-2(4(9)10)6-8-7-3/h1H3,(H,9,10)(H,6,7,8). The molecular formula is C5H5N3O3S. The molecule has 0 aliphatic heterocycles. The van der Waals surface area contributed by atoms with Crippen molar-refractivity contribution in [2.24, 2.45) is 0 Å². The van der Waals surface area contributed by atoms with E-state index in [0.717, 1.165) is 11.8 Å². The lowest BCUT2D eigenvalue weighted by Gasteiger charge is -1.89. The van der Waals surface area contributed by atoms with Gasteiger partial charge < -0.3 is 5.11 Å². The molecule has 1 heterocycles. The monoisotopic (exact) mass is 187 g/mol. The molecule has 7 heteroatoms. The molecule has 0 amide bonds. The van der Waals surface area contributed by atoms with Crippen molar-refractivity contribution in [2.45, 2.75) is 0 Å². The highest BCUT2D eigenvalue weighted by molar-refractivity contribution is 8.13. The summed E-state index contributed by atoms with van der Waals surface area (Å²) in [5.41, 5.74) is -0.482. The summed E-state index contributed by atoms with van der Waals surface area (Å²) in [4.78, 5) is 21.4. The van der Waals surface area contributed by atoms with Crippen LogP contribution in [-0.2, 0) is 0 Å². The highest BCUT2D eigenvalue weighted by Crippen LogP contribution is 2.09. The van der Waals surface area contributed by atoms with E-state index in [4.69, 9.17) is 5.11 Å². The van der Waals surface area contributed by atoms with Crippen LogP contribution in [0.4, 0.5) is 0 Å². The number of carbonyl (C=O) groups is 2. The Morgan fingerprint density at radius 3 is 2.50 bits per heavy atom. The number of carboxylic acids is 1. The Morgan fingerprint density at radius 1 is 1.42 bits per heavy atom. The van der Waals surface area contributed by atoms with Crippen LogP contribution in [0.15, 0.2) is 0 Å². The van der Waals surface area contributed by atoms with Gasteiger partial charge in [0.25, 0.3) is 0 Å². The van der Waals surface area contributed by atoms with E-state index in [2.05, 4.69) is 15.4 Å². The van der Waals surface area contributed by atoms with Gasteiger partial charge in [-0.25, -0.2) is 4.79 Å². The average Bonchev–Trinajstić information content (AvgIpc) is 2.50. The fourth-order valence-electron chi connectivity index (χ4n) is 0.619. The number of hydrogen-bond acceptors (Lipinski definition) is 5. The summed E-state index contributed by atoms with van der Waals surface area (Å²) >= 11 is 0.889. The Bertz CT molecular complexity index is 321. The minimum Gasteiger partial charge on any atom is -0.476 e. The summed E-state index contributed by atoms with van der Waals surface area (Å²) in [5.74, 6) is -1.26. The average molecular weight is 187 g/mol. The number of carbonyl (C=O) groups excluding carboxylic acids is 1. The number of nitrogens with zero attached hydrogens (tertiary/aromatic N) is 2. The van der Waals surface area contributed by atoms with Gasteiger partial charge in [0.2, 0.25) is 10.8 Å². The number of aromatic nitrogens is 3. The first-order valence-corrected chi connectivity index (χ1v) is 4.11. The van der Waals surface area contributed by atoms with Crippen LogP contribution in [0.3, 0.4) is 0 Å². The quantitative estimate of drug-likeness (QED) is 0.676. The highest BCUT2D eigenvalue weighted by Gasteiger charge is 2.20. The SMILES string of the molecule is CSC(=O)c1n[nH]nc1C(=O)O. The zero-order valence-corrected chi connectivity index (χ0v) is 6.88. The van der Waals surface area contributed by atoms with Crippen LogP contribution in [0.2, 0.25) is 0 Å². The molecule has 0 fully saturated rings. The third-order valence-corrected chi connectivity index (χ3v) is 1.69. The fourth-order valence-corrected chi connectivity index (χ4v) is 0.955. The first-order chi connectivity index (χ1) is 5.66. The fraction of sp³-hybridized carbons (Fsp3) is 0.200. The minimum absolute atomic E-state index is 0.144. The number of aromatic carboxylic acids is 1. The second kappa shape index (κ2) is 3.35. The van der Waals surface area contributed by atoms with Crippen molar-refractivity contribution in [3.8, 4) is 0 Å². The van der Waals surface area contributed by atoms with Crippen LogP contribution in [0.25, 0.3) is 0 Å². The van der Waals surface area contributed by atoms with Gasteiger partial charge in [-0.1, -0.05) is 11.8 Å². The van der Waals surface area contributed by atoms with E-state index < -0.39 is 11.1 Å². The molecular weight excluding hydrogens is 182 g/mol. The van der Waals surface area contributed by atoms with E-state index in [1.54, 1.807) is 6.26 Å². The number of rotatable bonds is 2. The maximum atomic E-state index is 11.0. The smallest absolute Gasteiger partial charge is 0.358 e. The van der Waals surface area contributed by atoms with Crippen molar-refractivity contribution in [1.29, 1.82) is 0 Å². The summed E-state index contributed by atoms with van der Waals surface area (Å²) in [6, 6.07) is 0. The van der Waals surface area contributed by atoms with Crippen LogP contribution in [0, 0.1) is 0 Å². The normalized spacial score (nSPS) is 9.75. The molecule has 64 valence electrons. The zero-order chi connectivity index (χ0) is 9.14. The van der Waals surface area contributed by atoms with Crippen LogP contribution < -0.4 is 0 Å². The Hall–Kier alpha value is -1.37. The molecule has 0 bridgehead atoms. The molecule has 0 aliphatic rings. The third kappa shape index (κ3) is 1.45. The summed E-state index contributed by atoms with van der Waals surface area (Å²) in [7, 11) is 0. The van der Waals surface area contributed by atoms with Gasteiger partial charge in [-0.05, 0) is 6.26 Å². The summed E-state index contributed by atoms with van der Waals surface area (Å²) in [5, 5.41) is 16.9. The Kier molecular flexibility index (Phi) is 2.44. The Morgan fingerprint density at radius 2 is 2.00 bits per heavy atom. The molecule has 6 nitrogen and oxygen atoms in total. The van der Waals surface area contributed by atoms with Crippen molar-refractivity contribution in [2.75, 3.05) is 6.26 Å². The van der Waals surface area contributed by atoms with Crippen molar-refractivity contribution in [3.05, 3.63) is 11.4 Å². The van der Waals surface area contributed by atoms with Gasteiger partial charge in [-0.15, -0.1) is 5.10 Å². The van der Waals surface area contributed by atoms with Crippen LogP contribution in [-0.4, -0.2) is 37.9 Å². The molecule has 0 saturated heterocycles. The van der Waals surface area contributed by atoms with Gasteiger partial charge in [0.05, 0.1) is 0 Å². The van der Waals surface area contributed by atoms with Crippen LogP contribution in [0.5, 0.6) is 0 Å². The van der Waals surface area contributed by atoms with Gasteiger partial charge >= 0.3 is 5.97 Å². The molecule has 0 aromatic carbocycles. The minimum atomic E-state index is -1.26. The molecule has 12 heavy (non-hydrogen) atoms. The molecule has 0 aliphatic carbocycles. The largest absolute Gasteiger partial charge is 0.476 e. The molecule has 0 spiro atoms. The van der Waals surface area contributed by atoms with E-state index in [1.165, 1.54) is 0 Å². The van der Waals surface area contributed by atoms with E-state index in [-0.39, 0.29) is 11.4 Å². The van der Waals surface area contributed by atoms with Crippen molar-refractivity contribution < 1.29 is 14.7 Å². The predicted octanol–water partition coefficient (Wildman–Crippen LogP) is 0.00610. The molecule has 0 saturated carbocycles. The molecule has 1 rings (SSSR count). The van der Waals surface area contributed by atoms with E-state index in [0.29, 0.717) is 0 Å².